The Morgan fingerprint density at radius 2 is 1.56 bits per heavy atom. The zero-order valence-corrected chi connectivity index (χ0v) is 16.7. The molecule has 0 radical (unpaired) electrons. The lowest BCUT2D eigenvalue weighted by molar-refractivity contribution is -0.115. The van der Waals surface area contributed by atoms with Crippen LogP contribution in [0.4, 0.5) is 11.4 Å². The maximum atomic E-state index is 12.5. The molecule has 3 amide bonds. The Morgan fingerprint density at radius 3 is 2.28 bits per heavy atom. The minimum Gasteiger partial charge on any atom is -0.459 e. The monoisotopic (exact) mass is 430 g/mol. The van der Waals surface area contributed by atoms with Gasteiger partial charge in [0.15, 0.2) is 5.76 Å². The molecular formula is C23H18N4O5. The van der Waals surface area contributed by atoms with E-state index in [1.807, 2.05) is 0 Å². The second kappa shape index (κ2) is 9.00. The van der Waals surface area contributed by atoms with Crippen LogP contribution in [0.2, 0.25) is 0 Å². The third kappa shape index (κ3) is 4.57. The van der Waals surface area contributed by atoms with Crippen molar-refractivity contribution in [1.29, 1.82) is 0 Å². The highest BCUT2D eigenvalue weighted by Gasteiger charge is 2.14. The molecule has 2 aromatic carbocycles. The van der Waals surface area contributed by atoms with Gasteiger partial charge in [0.2, 0.25) is 11.3 Å². The standard InChI is InChI=1S/C23H18N4O5/c28-20(13-25-22(30)17-12-24-18-5-2-1-4-16(18)21(17)29)26-14-7-9-15(10-8-14)27-23(31)19-6-3-11-32-19/h1-12H,13H2,(H,24,29)(H,25,30)(H,26,28)(H,27,31). The first-order valence-corrected chi connectivity index (χ1v) is 9.64. The van der Waals surface area contributed by atoms with Gasteiger partial charge in [-0.3, -0.25) is 19.2 Å². The molecule has 0 saturated carbocycles. The molecule has 0 atom stereocenters. The fourth-order valence-corrected chi connectivity index (χ4v) is 3.03. The second-order valence-electron chi connectivity index (χ2n) is 6.82. The Bertz CT molecular complexity index is 1340. The van der Waals surface area contributed by atoms with Gasteiger partial charge in [0.05, 0.1) is 12.8 Å². The van der Waals surface area contributed by atoms with Crippen LogP contribution in [0.5, 0.6) is 0 Å². The van der Waals surface area contributed by atoms with Gasteiger partial charge in [-0.1, -0.05) is 12.1 Å². The molecule has 0 bridgehead atoms. The molecule has 4 rings (SSSR count). The highest BCUT2D eigenvalue weighted by Crippen LogP contribution is 2.15. The molecule has 0 aliphatic rings. The molecule has 4 aromatic rings. The Morgan fingerprint density at radius 1 is 0.844 bits per heavy atom. The fraction of sp³-hybridized carbons (Fsp3) is 0.0435. The molecule has 2 aromatic heterocycles. The SMILES string of the molecule is O=C(CNC(=O)c1c[nH]c2ccccc2c1=O)Nc1ccc(NC(=O)c2ccco2)cc1. The lowest BCUT2D eigenvalue weighted by Crippen LogP contribution is -2.35. The smallest absolute Gasteiger partial charge is 0.291 e. The number of H-pyrrole nitrogens is 1. The molecule has 2 heterocycles. The number of aromatic nitrogens is 1. The van der Waals surface area contributed by atoms with Gasteiger partial charge in [0, 0.05) is 28.5 Å². The third-order valence-corrected chi connectivity index (χ3v) is 4.61. The average Bonchev–Trinajstić information content (AvgIpc) is 3.34. The number of hydrogen-bond donors (Lipinski definition) is 4. The van der Waals surface area contributed by atoms with Crippen LogP contribution in [-0.4, -0.2) is 29.3 Å². The average molecular weight is 430 g/mol. The van der Waals surface area contributed by atoms with Crippen LogP contribution in [-0.2, 0) is 4.79 Å². The highest BCUT2D eigenvalue weighted by molar-refractivity contribution is 6.03. The number of furan rings is 1. The molecule has 0 aliphatic carbocycles. The lowest BCUT2D eigenvalue weighted by atomic mass is 10.1. The quantitative estimate of drug-likeness (QED) is 0.373. The number of carbonyl (C=O) groups is 3. The Hall–Kier alpha value is -4.66. The molecule has 0 aliphatic heterocycles. The van der Waals surface area contributed by atoms with Crippen molar-refractivity contribution in [2.24, 2.45) is 0 Å². The summed E-state index contributed by atoms with van der Waals surface area (Å²) >= 11 is 0. The first-order valence-electron chi connectivity index (χ1n) is 9.64. The van der Waals surface area contributed by atoms with Gasteiger partial charge in [-0.05, 0) is 48.5 Å². The van der Waals surface area contributed by atoms with E-state index in [1.54, 1.807) is 60.7 Å². The van der Waals surface area contributed by atoms with E-state index in [9.17, 15) is 19.2 Å². The van der Waals surface area contributed by atoms with Gasteiger partial charge in [-0.2, -0.15) is 0 Å². The van der Waals surface area contributed by atoms with Crippen molar-refractivity contribution < 1.29 is 18.8 Å². The number of benzene rings is 2. The van der Waals surface area contributed by atoms with Gasteiger partial charge < -0.3 is 25.4 Å². The van der Waals surface area contributed by atoms with Crippen molar-refractivity contribution in [3.63, 3.8) is 0 Å². The van der Waals surface area contributed by atoms with Gasteiger partial charge in [0.25, 0.3) is 11.8 Å². The van der Waals surface area contributed by atoms with E-state index in [4.69, 9.17) is 4.42 Å². The van der Waals surface area contributed by atoms with Crippen molar-refractivity contribution in [1.82, 2.24) is 10.3 Å². The van der Waals surface area contributed by atoms with E-state index >= 15 is 0 Å². The predicted octanol–water partition coefficient (Wildman–Crippen LogP) is 2.74. The van der Waals surface area contributed by atoms with Crippen LogP contribution in [0, 0.1) is 0 Å². The van der Waals surface area contributed by atoms with E-state index in [0.717, 1.165) is 0 Å². The molecule has 4 N–H and O–H groups in total. The fourth-order valence-electron chi connectivity index (χ4n) is 3.03. The second-order valence-corrected chi connectivity index (χ2v) is 6.82. The number of anilines is 2. The summed E-state index contributed by atoms with van der Waals surface area (Å²) in [4.78, 5) is 51.9. The molecule has 160 valence electrons. The number of hydrogen-bond acceptors (Lipinski definition) is 5. The minimum atomic E-state index is -0.650. The van der Waals surface area contributed by atoms with E-state index in [0.29, 0.717) is 22.3 Å². The summed E-state index contributed by atoms with van der Waals surface area (Å²) in [5, 5.41) is 8.13. The summed E-state index contributed by atoms with van der Waals surface area (Å²) in [6.07, 6.45) is 2.73. The van der Waals surface area contributed by atoms with Gasteiger partial charge in [-0.15, -0.1) is 0 Å². The Labute approximate surface area is 181 Å². The number of fused-ring (bicyclic) bond motifs is 1. The van der Waals surface area contributed by atoms with Crippen LogP contribution in [0.3, 0.4) is 0 Å². The van der Waals surface area contributed by atoms with Gasteiger partial charge in [0.1, 0.15) is 5.56 Å². The largest absolute Gasteiger partial charge is 0.459 e. The van der Waals surface area contributed by atoms with E-state index in [2.05, 4.69) is 20.9 Å². The first kappa shape index (κ1) is 20.6. The van der Waals surface area contributed by atoms with E-state index in [-0.39, 0.29) is 17.9 Å². The zero-order chi connectivity index (χ0) is 22.5. The molecular weight excluding hydrogens is 412 g/mol. The summed E-state index contributed by atoms with van der Waals surface area (Å²) < 4.78 is 5.03. The summed E-state index contributed by atoms with van der Waals surface area (Å²) in [7, 11) is 0. The zero-order valence-electron chi connectivity index (χ0n) is 16.7. The van der Waals surface area contributed by atoms with E-state index < -0.39 is 23.2 Å². The highest BCUT2D eigenvalue weighted by atomic mass is 16.3. The number of rotatable bonds is 6. The minimum absolute atomic E-state index is 0.0758. The number of nitrogens with one attached hydrogen (secondary N) is 4. The van der Waals surface area contributed by atoms with Crippen LogP contribution < -0.4 is 21.4 Å². The predicted molar refractivity (Wildman–Crippen MR) is 119 cm³/mol. The number of para-hydroxylation sites is 1. The summed E-state index contributed by atoms with van der Waals surface area (Å²) in [5.74, 6) is -1.33. The maximum absolute atomic E-state index is 12.5. The Kier molecular flexibility index (Phi) is 5.80. The van der Waals surface area contributed by atoms with Crippen molar-refractivity contribution in [3.8, 4) is 0 Å². The molecule has 0 unspecified atom stereocenters. The van der Waals surface area contributed by atoms with Gasteiger partial charge >= 0.3 is 0 Å². The van der Waals surface area contributed by atoms with Crippen molar-refractivity contribution in [2.45, 2.75) is 0 Å². The van der Waals surface area contributed by atoms with Crippen molar-refractivity contribution in [2.75, 3.05) is 17.2 Å². The number of carbonyl (C=O) groups excluding carboxylic acids is 3. The summed E-state index contributed by atoms with van der Waals surface area (Å²) in [5.41, 5.74) is 1.13. The molecule has 9 nitrogen and oxygen atoms in total. The Balaban J connectivity index is 1.32. The molecule has 32 heavy (non-hydrogen) atoms. The number of amides is 3. The van der Waals surface area contributed by atoms with Crippen LogP contribution in [0.1, 0.15) is 20.9 Å². The third-order valence-electron chi connectivity index (χ3n) is 4.61. The summed E-state index contributed by atoms with van der Waals surface area (Å²) in [6, 6.07) is 16.4. The summed E-state index contributed by atoms with van der Waals surface area (Å²) in [6.45, 7) is -0.317. The lowest BCUT2D eigenvalue weighted by Gasteiger charge is -2.09. The van der Waals surface area contributed by atoms with Crippen LogP contribution in [0.25, 0.3) is 10.9 Å². The topological polar surface area (TPSA) is 133 Å². The number of pyridine rings is 1. The normalized spacial score (nSPS) is 10.5. The van der Waals surface area contributed by atoms with Crippen molar-refractivity contribution >= 4 is 40.0 Å². The molecule has 0 spiro atoms. The van der Waals surface area contributed by atoms with Crippen LogP contribution >= 0.6 is 0 Å². The van der Waals surface area contributed by atoms with Crippen LogP contribution in [0.15, 0.2) is 82.3 Å². The molecule has 0 saturated heterocycles. The van der Waals surface area contributed by atoms with E-state index in [1.165, 1.54) is 12.5 Å². The van der Waals surface area contributed by atoms with Gasteiger partial charge in [-0.25, -0.2) is 0 Å². The maximum Gasteiger partial charge on any atom is 0.291 e. The molecule has 9 heteroatoms. The first-order chi connectivity index (χ1) is 15.5. The molecule has 0 fully saturated rings. The van der Waals surface area contributed by atoms with Crippen molar-refractivity contribution in [3.05, 3.63) is 94.7 Å². The number of aromatic amines is 1.